The molecule has 0 aliphatic heterocycles. The van der Waals surface area contributed by atoms with Gasteiger partial charge < -0.3 is 4.74 Å². The topological polar surface area (TPSA) is 76.6 Å². The first-order chi connectivity index (χ1) is 8.31. The fourth-order valence-corrected chi connectivity index (χ4v) is 1.87. The van der Waals surface area contributed by atoms with Crippen LogP contribution in [0.2, 0.25) is 0 Å². The Morgan fingerprint density at radius 2 is 2.24 bits per heavy atom. The van der Waals surface area contributed by atoms with E-state index in [2.05, 4.69) is 25.1 Å². The minimum atomic E-state index is 0.566. The average molecular weight is 251 g/mol. The van der Waals surface area contributed by atoms with Crippen LogP contribution in [0.25, 0.3) is 0 Å². The SMILES string of the molecule is CCOc1cc(Sc2n[nH]c(CC)n2)ncn1. The summed E-state index contributed by atoms with van der Waals surface area (Å²) < 4.78 is 5.30. The molecule has 2 rings (SSSR count). The highest BCUT2D eigenvalue weighted by molar-refractivity contribution is 7.99. The number of nitrogens with zero attached hydrogens (tertiary/aromatic N) is 4. The van der Waals surface area contributed by atoms with Crippen LogP contribution in [-0.2, 0) is 6.42 Å². The predicted octanol–water partition coefficient (Wildman–Crippen LogP) is 1.71. The van der Waals surface area contributed by atoms with Crippen molar-refractivity contribution in [2.45, 2.75) is 30.5 Å². The number of ether oxygens (including phenoxy) is 1. The van der Waals surface area contributed by atoms with Crippen LogP contribution in [0.5, 0.6) is 5.88 Å². The summed E-state index contributed by atoms with van der Waals surface area (Å²) in [7, 11) is 0. The normalized spacial score (nSPS) is 10.5. The maximum Gasteiger partial charge on any atom is 0.217 e. The molecule has 17 heavy (non-hydrogen) atoms. The number of hydrogen-bond acceptors (Lipinski definition) is 6. The van der Waals surface area contributed by atoms with E-state index in [1.165, 1.54) is 18.1 Å². The quantitative estimate of drug-likeness (QED) is 0.815. The highest BCUT2D eigenvalue weighted by atomic mass is 32.2. The van der Waals surface area contributed by atoms with E-state index in [1.54, 1.807) is 6.07 Å². The number of H-pyrrole nitrogens is 1. The molecule has 2 aromatic rings. The van der Waals surface area contributed by atoms with Crippen molar-refractivity contribution in [3.63, 3.8) is 0 Å². The smallest absolute Gasteiger partial charge is 0.217 e. The van der Waals surface area contributed by atoms with Crippen molar-refractivity contribution in [2.75, 3.05) is 6.61 Å². The maximum atomic E-state index is 5.30. The lowest BCUT2D eigenvalue weighted by Crippen LogP contribution is -1.95. The first-order valence-electron chi connectivity index (χ1n) is 5.35. The van der Waals surface area contributed by atoms with E-state index in [0.717, 1.165) is 17.3 Å². The van der Waals surface area contributed by atoms with Crippen LogP contribution in [0.3, 0.4) is 0 Å². The van der Waals surface area contributed by atoms with Gasteiger partial charge in [-0.15, -0.1) is 5.10 Å². The fourth-order valence-electron chi connectivity index (χ4n) is 1.18. The lowest BCUT2D eigenvalue weighted by Gasteiger charge is -2.01. The van der Waals surface area contributed by atoms with Gasteiger partial charge in [0, 0.05) is 12.5 Å². The molecular weight excluding hydrogens is 238 g/mol. The molecule has 2 aromatic heterocycles. The molecule has 1 N–H and O–H groups in total. The van der Waals surface area contributed by atoms with Crippen LogP contribution >= 0.6 is 11.8 Å². The minimum absolute atomic E-state index is 0.566. The average Bonchev–Trinajstić information content (AvgIpc) is 2.78. The van der Waals surface area contributed by atoms with Gasteiger partial charge in [-0.2, -0.15) is 0 Å². The molecular formula is C10H13N5OS. The number of rotatable bonds is 5. The summed E-state index contributed by atoms with van der Waals surface area (Å²) in [4.78, 5) is 12.4. The van der Waals surface area contributed by atoms with E-state index >= 15 is 0 Å². The Bertz CT molecular complexity index is 487. The molecule has 90 valence electrons. The lowest BCUT2D eigenvalue weighted by molar-refractivity contribution is 0.325. The molecule has 0 spiro atoms. The number of aromatic amines is 1. The number of aryl methyl sites for hydroxylation is 1. The Labute approximate surface area is 103 Å². The molecule has 0 aliphatic rings. The molecule has 0 fully saturated rings. The lowest BCUT2D eigenvalue weighted by atomic mass is 10.5. The summed E-state index contributed by atoms with van der Waals surface area (Å²) in [6.07, 6.45) is 2.31. The molecule has 0 saturated carbocycles. The van der Waals surface area contributed by atoms with Gasteiger partial charge in [0.2, 0.25) is 11.0 Å². The third-order valence-electron chi connectivity index (χ3n) is 1.95. The Balaban J connectivity index is 2.09. The Morgan fingerprint density at radius 3 is 2.94 bits per heavy atom. The second kappa shape index (κ2) is 5.62. The van der Waals surface area contributed by atoms with Gasteiger partial charge in [-0.1, -0.05) is 6.92 Å². The highest BCUT2D eigenvalue weighted by Gasteiger charge is 2.06. The third kappa shape index (κ3) is 3.16. The predicted molar refractivity (Wildman–Crippen MR) is 63.1 cm³/mol. The summed E-state index contributed by atoms with van der Waals surface area (Å²) in [6.45, 7) is 4.52. The summed E-state index contributed by atoms with van der Waals surface area (Å²) in [5, 5.41) is 8.37. The molecule has 2 heterocycles. The van der Waals surface area contributed by atoms with Crippen LogP contribution < -0.4 is 4.74 Å². The van der Waals surface area contributed by atoms with Crippen molar-refractivity contribution in [3.05, 3.63) is 18.2 Å². The van der Waals surface area contributed by atoms with Crippen molar-refractivity contribution in [3.8, 4) is 5.88 Å². The van der Waals surface area contributed by atoms with Gasteiger partial charge in [-0.3, -0.25) is 5.10 Å². The van der Waals surface area contributed by atoms with Gasteiger partial charge in [0.1, 0.15) is 17.2 Å². The van der Waals surface area contributed by atoms with Crippen LogP contribution in [0.4, 0.5) is 0 Å². The molecule has 0 bridgehead atoms. The van der Waals surface area contributed by atoms with Crippen molar-refractivity contribution in [2.24, 2.45) is 0 Å². The molecule has 0 amide bonds. The van der Waals surface area contributed by atoms with E-state index in [9.17, 15) is 0 Å². The Morgan fingerprint density at radius 1 is 1.35 bits per heavy atom. The van der Waals surface area contributed by atoms with Gasteiger partial charge in [0.15, 0.2) is 0 Å². The van der Waals surface area contributed by atoms with Crippen molar-refractivity contribution in [1.82, 2.24) is 25.1 Å². The summed E-state index contributed by atoms with van der Waals surface area (Å²) in [6, 6.07) is 1.77. The first-order valence-corrected chi connectivity index (χ1v) is 6.17. The molecule has 0 unspecified atom stereocenters. The summed E-state index contributed by atoms with van der Waals surface area (Å²) in [5.41, 5.74) is 0. The second-order valence-corrected chi connectivity index (χ2v) is 4.14. The van der Waals surface area contributed by atoms with E-state index < -0.39 is 0 Å². The van der Waals surface area contributed by atoms with Gasteiger partial charge in [-0.05, 0) is 18.7 Å². The van der Waals surface area contributed by atoms with Gasteiger partial charge >= 0.3 is 0 Å². The van der Waals surface area contributed by atoms with Crippen LogP contribution in [0, 0.1) is 0 Å². The van der Waals surface area contributed by atoms with Crippen molar-refractivity contribution < 1.29 is 4.74 Å². The van der Waals surface area contributed by atoms with E-state index in [4.69, 9.17) is 4.74 Å². The van der Waals surface area contributed by atoms with Crippen molar-refractivity contribution in [1.29, 1.82) is 0 Å². The molecule has 6 nitrogen and oxygen atoms in total. The first kappa shape index (κ1) is 11.8. The van der Waals surface area contributed by atoms with Gasteiger partial charge in [0.05, 0.1) is 6.61 Å². The molecule has 0 radical (unpaired) electrons. The highest BCUT2D eigenvalue weighted by Crippen LogP contribution is 2.24. The van der Waals surface area contributed by atoms with Crippen molar-refractivity contribution >= 4 is 11.8 Å². The Kier molecular flexibility index (Phi) is 3.92. The molecule has 0 atom stereocenters. The molecule has 0 saturated heterocycles. The fraction of sp³-hybridized carbons (Fsp3) is 0.400. The molecule has 0 aliphatic carbocycles. The van der Waals surface area contributed by atoms with E-state index in [1.807, 2.05) is 13.8 Å². The van der Waals surface area contributed by atoms with Gasteiger partial charge in [0.25, 0.3) is 0 Å². The van der Waals surface area contributed by atoms with E-state index in [-0.39, 0.29) is 0 Å². The summed E-state index contributed by atoms with van der Waals surface area (Å²) >= 11 is 1.38. The number of hydrogen-bond donors (Lipinski definition) is 1. The zero-order valence-electron chi connectivity index (χ0n) is 9.67. The van der Waals surface area contributed by atoms with Crippen LogP contribution in [0.1, 0.15) is 19.7 Å². The number of aromatic nitrogens is 5. The zero-order valence-corrected chi connectivity index (χ0v) is 10.5. The van der Waals surface area contributed by atoms with E-state index in [0.29, 0.717) is 17.6 Å². The Hall–Kier alpha value is -1.63. The van der Waals surface area contributed by atoms with Crippen LogP contribution in [0.15, 0.2) is 22.6 Å². The summed E-state index contributed by atoms with van der Waals surface area (Å²) in [5.74, 6) is 1.43. The maximum absolute atomic E-state index is 5.30. The van der Waals surface area contributed by atoms with Gasteiger partial charge in [-0.25, -0.2) is 15.0 Å². The van der Waals surface area contributed by atoms with Crippen LogP contribution in [-0.4, -0.2) is 31.8 Å². The minimum Gasteiger partial charge on any atom is -0.478 e. The zero-order chi connectivity index (χ0) is 12.1. The largest absolute Gasteiger partial charge is 0.478 e. The standard InChI is InChI=1S/C10H13N5OS/c1-3-7-13-10(15-14-7)17-9-5-8(16-4-2)11-6-12-9/h5-6H,3-4H2,1-2H3,(H,13,14,15). The second-order valence-electron chi connectivity index (χ2n) is 3.15. The monoisotopic (exact) mass is 251 g/mol. The third-order valence-corrected chi connectivity index (χ3v) is 2.75. The number of nitrogens with one attached hydrogen (secondary N) is 1. The molecule has 7 heteroatoms. The molecule has 0 aromatic carbocycles.